The first kappa shape index (κ1) is 16.9. The van der Waals surface area contributed by atoms with Crippen molar-refractivity contribution in [3.05, 3.63) is 48.7 Å². The maximum atomic E-state index is 11.0. The SMILES string of the molecule is C[C@@]1(O)[C@H](O)[C@@H](CCc2ccccn2)C[C@H]1n1ccc2c(N)ncnc21. The van der Waals surface area contributed by atoms with Crippen LogP contribution in [0.25, 0.3) is 11.0 Å². The Morgan fingerprint density at radius 3 is 2.88 bits per heavy atom. The predicted octanol–water partition coefficient (Wildman–Crippen LogP) is 1.71. The lowest BCUT2D eigenvalue weighted by atomic mass is 9.93. The molecular formula is C19H23N5O2. The zero-order valence-electron chi connectivity index (χ0n) is 14.7. The minimum Gasteiger partial charge on any atom is -0.390 e. The third kappa shape index (κ3) is 2.73. The number of aliphatic hydroxyl groups excluding tert-OH is 1. The minimum atomic E-state index is -1.25. The molecule has 4 N–H and O–H groups in total. The van der Waals surface area contributed by atoms with Crippen molar-refractivity contribution in [1.29, 1.82) is 0 Å². The van der Waals surface area contributed by atoms with Gasteiger partial charge in [0.2, 0.25) is 0 Å². The van der Waals surface area contributed by atoms with Gasteiger partial charge in [-0.3, -0.25) is 4.98 Å². The van der Waals surface area contributed by atoms with Crippen LogP contribution in [-0.4, -0.2) is 41.4 Å². The number of hydrogen-bond acceptors (Lipinski definition) is 6. The minimum absolute atomic E-state index is 0.0198. The average Bonchev–Trinajstić information content (AvgIpc) is 3.15. The quantitative estimate of drug-likeness (QED) is 0.659. The lowest BCUT2D eigenvalue weighted by molar-refractivity contribution is -0.0735. The smallest absolute Gasteiger partial charge is 0.145 e. The van der Waals surface area contributed by atoms with Crippen molar-refractivity contribution in [3.8, 4) is 0 Å². The summed E-state index contributed by atoms with van der Waals surface area (Å²) in [6.07, 6.45) is 6.45. The highest BCUT2D eigenvalue weighted by Gasteiger charge is 2.51. The Kier molecular flexibility index (Phi) is 4.13. The van der Waals surface area contributed by atoms with Crippen LogP contribution in [0.15, 0.2) is 43.0 Å². The molecule has 0 bridgehead atoms. The second kappa shape index (κ2) is 6.34. The fourth-order valence-electron chi connectivity index (χ4n) is 4.12. The van der Waals surface area contributed by atoms with Gasteiger partial charge in [-0.15, -0.1) is 0 Å². The van der Waals surface area contributed by atoms with Crippen LogP contribution in [0.2, 0.25) is 0 Å². The molecule has 4 atom stereocenters. The average molecular weight is 353 g/mol. The summed E-state index contributed by atoms with van der Waals surface area (Å²) >= 11 is 0. The monoisotopic (exact) mass is 353 g/mol. The van der Waals surface area contributed by atoms with Crippen LogP contribution in [0.5, 0.6) is 0 Å². The number of fused-ring (bicyclic) bond motifs is 1. The van der Waals surface area contributed by atoms with Crippen molar-refractivity contribution in [2.24, 2.45) is 5.92 Å². The second-order valence-electron chi connectivity index (χ2n) is 7.26. The number of rotatable bonds is 4. The predicted molar refractivity (Wildman–Crippen MR) is 98.3 cm³/mol. The molecule has 26 heavy (non-hydrogen) atoms. The summed E-state index contributed by atoms with van der Waals surface area (Å²) in [7, 11) is 0. The second-order valence-corrected chi connectivity index (χ2v) is 7.26. The van der Waals surface area contributed by atoms with Crippen molar-refractivity contribution in [2.75, 3.05) is 5.73 Å². The van der Waals surface area contributed by atoms with Crippen molar-refractivity contribution in [3.63, 3.8) is 0 Å². The van der Waals surface area contributed by atoms with E-state index in [4.69, 9.17) is 5.73 Å². The van der Waals surface area contributed by atoms with Gasteiger partial charge in [-0.05, 0) is 50.3 Å². The van der Waals surface area contributed by atoms with Gasteiger partial charge in [0.05, 0.1) is 17.5 Å². The molecule has 3 heterocycles. The van der Waals surface area contributed by atoms with E-state index < -0.39 is 11.7 Å². The Hall–Kier alpha value is -2.51. The van der Waals surface area contributed by atoms with Gasteiger partial charge < -0.3 is 20.5 Å². The Labute approximate surface area is 151 Å². The standard InChI is InChI=1S/C19H23N5O2/c1-19(26)15(24-9-7-14-17(20)22-11-23-18(14)24)10-12(16(19)25)5-6-13-4-2-3-8-21-13/h2-4,7-9,11-12,15-16,25-26H,5-6,10H2,1H3,(H2,20,22,23)/t12-,15+,16+,19-/m0/s1. The highest BCUT2D eigenvalue weighted by Crippen LogP contribution is 2.45. The molecule has 7 nitrogen and oxygen atoms in total. The summed E-state index contributed by atoms with van der Waals surface area (Å²) < 4.78 is 1.91. The Bertz CT molecular complexity index is 909. The molecule has 0 amide bonds. The van der Waals surface area contributed by atoms with Crippen molar-refractivity contribution < 1.29 is 10.2 Å². The number of nitrogen functional groups attached to an aromatic ring is 1. The van der Waals surface area contributed by atoms with Gasteiger partial charge >= 0.3 is 0 Å². The third-order valence-electron chi connectivity index (χ3n) is 5.62. The van der Waals surface area contributed by atoms with E-state index in [0.717, 1.165) is 23.9 Å². The highest BCUT2D eigenvalue weighted by molar-refractivity contribution is 5.86. The van der Waals surface area contributed by atoms with Gasteiger partial charge in [0.1, 0.15) is 23.4 Å². The number of aliphatic hydroxyl groups is 2. The number of aromatic nitrogens is 4. The Morgan fingerprint density at radius 1 is 1.27 bits per heavy atom. The molecule has 0 aliphatic heterocycles. The number of pyridine rings is 1. The number of nitrogens with two attached hydrogens (primary N) is 1. The fraction of sp³-hybridized carbons (Fsp3) is 0.421. The van der Waals surface area contributed by atoms with E-state index in [2.05, 4.69) is 15.0 Å². The molecule has 0 spiro atoms. The van der Waals surface area contributed by atoms with Crippen LogP contribution in [0.4, 0.5) is 5.82 Å². The first-order valence-corrected chi connectivity index (χ1v) is 8.86. The first-order valence-electron chi connectivity index (χ1n) is 8.86. The van der Waals surface area contributed by atoms with Crippen LogP contribution < -0.4 is 5.73 Å². The number of nitrogens with zero attached hydrogens (tertiary/aromatic N) is 4. The van der Waals surface area contributed by atoms with Gasteiger partial charge in [0.15, 0.2) is 0 Å². The van der Waals surface area contributed by atoms with Crippen molar-refractivity contribution in [2.45, 2.75) is 43.9 Å². The number of anilines is 1. The van der Waals surface area contributed by atoms with Crippen LogP contribution in [0.1, 0.15) is 31.5 Å². The molecule has 1 aliphatic rings. The van der Waals surface area contributed by atoms with E-state index in [0.29, 0.717) is 17.9 Å². The molecular weight excluding hydrogens is 330 g/mol. The van der Waals surface area contributed by atoms with Crippen molar-refractivity contribution >= 4 is 16.9 Å². The Morgan fingerprint density at radius 2 is 2.12 bits per heavy atom. The summed E-state index contributed by atoms with van der Waals surface area (Å²) in [5, 5.41) is 22.5. The molecule has 1 fully saturated rings. The topological polar surface area (TPSA) is 110 Å². The summed E-state index contributed by atoms with van der Waals surface area (Å²) in [5.74, 6) is 0.396. The van der Waals surface area contributed by atoms with E-state index >= 15 is 0 Å². The maximum Gasteiger partial charge on any atom is 0.145 e. The molecule has 136 valence electrons. The molecule has 7 heteroatoms. The molecule has 1 aliphatic carbocycles. The highest BCUT2D eigenvalue weighted by atomic mass is 16.3. The van der Waals surface area contributed by atoms with E-state index in [-0.39, 0.29) is 12.0 Å². The fourth-order valence-corrected chi connectivity index (χ4v) is 4.12. The molecule has 3 aromatic rings. The van der Waals surface area contributed by atoms with Gasteiger partial charge in [0.25, 0.3) is 0 Å². The normalized spacial score (nSPS) is 28.7. The third-order valence-corrected chi connectivity index (χ3v) is 5.62. The van der Waals surface area contributed by atoms with Gasteiger partial charge in [0, 0.05) is 18.1 Å². The largest absolute Gasteiger partial charge is 0.390 e. The van der Waals surface area contributed by atoms with Crippen molar-refractivity contribution in [1.82, 2.24) is 19.5 Å². The molecule has 0 aromatic carbocycles. The van der Waals surface area contributed by atoms with E-state index in [1.807, 2.05) is 35.0 Å². The summed E-state index contributed by atoms with van der Waals surface area (Å²) in [5.41, 5.74) is 6.35. The van der Waals surface area contributed by atoms with Crippen LogP contribution in [0.3, 0.4) is 0 Å². The summed E-state index contributed by atoms with van der Waals surface area (Å²) in [6.45, 7) is 1.69. The van der Waals surface area contributed by atoms with Gasteiger partial charge in [-0.25, -0.2) is 9.97 Å². The zero-order chi connectivity index (χ0) is 18.3. The Balaban J connectivity index is 1.59. The lowest BCUT2D eigenvalue weighted by Crippen LogP contribution is -2.42. The molecule has 0 unspecified atom stereocenters. The molecule has 0 radical (unpaired) electrons. The summed E-state index contributed by atoms with van der Waals surface area (Å²) in [4.78, 5) is 12.7. The summed E-state index contributed by atoms with van der Waals surface area (Å²) in [6, 6.07) is 7.41. The lowest BCUT2D eigenvalue weighted by Gasteiger charge is -2.30. The van der Waals surface area contributed by atoms with E-state index in [1.165, 1.54) is 6.33 Å². The van der Waals surface area contributed by atoms with E-state index in [1.54, 1.807) is 13.1 Å². The number of aryl methyl sites for hydroxylation is 1. The van der Waals surface area contributed by atoms with Crippen LogP contribution in [0, 0.1) is 5.92 Å². The van der Waals surface area contributed by atoms with E-state index in [9.17, 15) is 10.2 Å². The molecule has 1 saturated carbocycles. The van der Waals surface area contributed by atoms with Gasteiger partial charge in [-0.2, -0.15) is 0 Å². The van der Waals surface area contributed by atoms with Crippen LogP contribution in [-0.2, 0) is 6.42 Å². The van der Waals surface area contributed by atoms with Crippen LogP contribution >= 0.6 is 0 Å². The maximum absolute atomic E-state index is 11.0. The molecule has 3 aromatic heterocycles. The molecule has 4 rings (SSSR count). The number of hydrogen-bond donors (Lipinski definition) is 3. The van der Waals surface area contributed by atoms with Gasteiger partial charge in [-0.1, -0.05) is 6.07 Å². The molecule has 0 saturated heterocycles. The first-order chi connectivity index (χ1) is 12.5. The zero-order valence-corrected chi connectivity index (χ0v) is 14.7.